The van der Waals surface area contributed by atoms with Crippen LogP contribution in [0.15, 0.2) is 42.5 Å². The van der Waals surface area contributed by atoms with Gasteiger partial charge in [-0.3, -0.25) is 0 Å². The Labute approximate surface area is 156 Å². The van der Waals surface area contributed by atoms with Crippen LogP contribution in [-0.2, 0) is 4.74 Å². The number of hydrogen-bond acceptors (Lipinski definition) is 4. The Hall–Kier alpha value is -2.20. The van der Waals surface area contributed by atoms with Crippen LogP contribution < -0.4 is 0 Å². The van der Waals surface area contributed by atoms with Gasteiger partial charge in [-0.25, -0.2) is 0 Å². The normalized spacial score (nSPS) is 12.5. The summed E-state index contributed by atoms with van der Waals surface area (Å²) in [4.78, 5) is 0. The third-order valence-electron chi connectivity index (χ3n) is 4.27. The molecule has 2 aromatic rings. The minimum absolute atomic E-state index is 0.252. The number of rotatable bonds is 11. The quantitative estimate of drug-likeness (QED) is 0.531. The molecule has 26 heavy (non-hydrogen) atoms. The molecule has 1 aromatic carbocycles. The molecule has 0 saturated carbocycles. The second-order valence-electron chi connectivity index (χ2n) is 6.61. The molecule has 0 radical (unpaired) electrons. The van der Waals surface area contributed by atoms with Gasteiger partial charge in [0.05, 0.1) is 17.5 Å². The van der Waals surface area contributed by atoms with Gasteiger partial charge in [-0.15, -0.1) is 5.10 Å². The Bertz CT molecular complexity index is 651. The van der Waals surface area contributed by atoms with Crippen LogP contribution in [-0.4, -0.2) is 28.0 Å². The predicted octanol–water partition coefficient (Wildman–Crippen LogP) is 5.63. The Morgan fingerprint density at radius 2 is 1.85 bits per heavy atom. The molecule has 1 unspecified atom stereocenters. The first-order valence-electron chi connectivity index (χ1n) is 9.60. The molecular formula is C22H30N2O2. The highest BCUT2D eigenvalue weighted by molar-refractivity contribution is 5.60. The number of allylic oxidation sites excluding steroid dienone is 1. The lowest BCUT2D eigenvalue weighted by atomic mass is 10.1. The molecule has 0 amide bonds. The van der Waals surface area contributed by atoms with E-state index in [0.717, 1.165) is 42.8 Å². The number of benzene rings is 1. The summed E-state index contributed by atoms with van der Waals surface area (Å²) >= 11 is 0. The minimum Gasteiger partial charge on any atom is -0.508 e. The lowest BCUT2D eigenvalue weighted by Gasteiger charge is -2.11. The summed E-state index contributed by atoms with van der Waals surface area (Å²) in [6, 6.07) is 10.9. The van der Waals surface area contributed by atoms with Crippen molar-refractivity contribution in [2.24, 2.45) is 0 Å². The fourth-order valence-electron chi connectivity index (χ4n) is 2.66. The summed E-state index contributed by atoms with van der Waals surface area (Å²) in [6.07, 6.45) is 11.4. The summed E-state index contributed by atoms with van der Waals surface area (Å²) in [7, 11) is 0. The predicted molar refractivity (Wildman–Crippen MR) is 107 cm³/mol. The molecule has 1 aromatic heterocycles. The van der Waals surface area contributed by atoms with Crippen molar-refractivity contribution in [2.75, 3.05) is 6.61 Å². The highest BCUT2D eigenvalue weighted by Gasteiger charge is 2.02. The molecule has 0 saturated heterocycles. The molecule has 4 heteroatoms. The molecule has 0 aliphatic rings. The van der Waals surface area contributed by atoms with Gasteiger partial charge in [0, 0.05) is 12.2 Å². The fourth-order valence-corrected chi connectivity index (χ4v) is 2.66. The number of aromatic hydroxyl groups is 1. The average Bonchev–Trinajstić information content (AvgIpc) is 2.66. The van der Waals surface area contributed by atoms with Gasteiger partial charge in [-0.05, 0) is 75.1 Å². The van der Waals surface area contributed by atoms with Crippen LogP contribution in [0.2, 0.25) is 0 Å². The number of nitrogens with zero attached hydrogens (tertiary/aromatic N) is 2. The second kappa shape index (κ2) is 11.4. The largest absolute Gasteiger partial charge is 0.508 e. The standard InChI is InChI=1S/C22H30N2O2/c1-3-4-8-17-26-18(2)9-6-5-7-10-20-13-16-22(24-23-20)19-11-14-21(25)15-12-19/h7,10-16,18,25H,3-6,8-9,17H2,1-2H3/b10-7+. The van der Waals surface area contributed by atoms with Crippen LogP contribution in [0.5, 0.6) is 5.75 Å². The van der Waals surface area contributed by atoms with Gasteiger partial charge in [0.1, 0.15) is 5.75 Å². The van der Waals surface area contributed by atoms with E-state index in [-0.39, 0.29) is 5.75 Å². The van der Waals surface area contributed by atoms with E-state index in [9.17, 15) is 5.11 Å². The maximum Gasteiger partial charge on any atom is 0.115 e. The van der Waals surface area contributed by atoms with E-state index in [1.807, 2.05) is 30.3 Å². The smallest absolute Gasteiger partial charge is 0.115 e. The number of hydrogen-bond donors (Lipinski definition) is 1. The van der Waals surface area contributed by atoms with E-state index in [0.29, 0.717) is 6.10 Å². The zero-order chi connectivity index (χ0) is 18.6. The third kappa shape index (κ3) is 7.36. The lowest BCUT2D eigenvalue weighted by molar-refractivity contribution is 0.0566. The van der Waals surface area contributed by atoms with Crippen molar-refractivity contribution < 1.29 is 9.84 Å². The van der Waals surface area contributed by atoms with Crippen LogP contribution in [0.1, 0.15) is 58.1 Å². The van der Waals surface area contributed by atoms with E-state index in [1.54, 1.807) is 12.1 Å². The maximum atomic E-state index is 9.33. The second-order valence-corrected chi connectivity index (χ2v) is 6.61. The lowest BCUT2D eigenvalue weighted by Crippen LogP contribution is -2.08. The van der Waals surface area contributed by atoms with Gasteiger partial charge >= 0.3 is 0 Å². The van der Waals surface area contributed by atoms with Gasteiger partial charge in [0.25, 0.3) is 0 Å². The van der Waals surface area contributed by atoms with E-state index >= 15 is 0 Å². The van der Waals surface area contributed by atoms with Crippen LogP contribution in [0.3, 0.4) is 0 Å². The highest BCUT2D eigenvalue weighted by atomic mass is 16.5. The van der Waals surface area contributed by atoms with Gasteiger partial charge < -0.3 is 9.84 Å². The molecule has 1 heterocycles. The molecular weight excluding hydrogens is 324 g/mol. The molecule has 1 atom stereocenters. The zero-order valence-electron chi connectivity index (χ0n) is 15.9. The van der Waals surface area contributed by atoms with E-state index in [4.69, 9.17) is 4.74 Å². The Morgan fingerprint density at radius 1 is 1.04 bits per heavy atom. The Balaban J connectivity index is 1.69. The van der Waals surface area contributed by atoms with Crippen LogP contribution >= 0.6 is 0 Å². The molecule has 0 fully saturated rings. The molecule has 1 N–H and O–H groups in total. The SMILES string of the molecule is CCCCCOC(C)CCC/C=C/c1ccc(-c2ccc(O)cc2)nn1. The van der Waals surface area contributed by atoms with Gasteiger partial charge in [0.2, 0.25) is 0 Å². The first kappa shape index (κ1) is 20.1. The van der Waals surface area contributed by atoms with Crippen molar-refractivity contribution in [3.8, 4) is 17.0 Å². The fraction of sp³-hybridized carbons (Fsp3) is 0.455. The zero-order valence-corrected chi connectivity index (χ0v) is 15.9. The molecule has 4 nitrogen and oxygen atoms in total. The van der Waals surface area contributed by atoms with Crippen LogP contribution in [0.25, 0.3) is 17.3 Å². The molecule has 0 bridgehead atoms. The minimum atomic E-state index is 0.252. The van der Waals surface area contributed by atoms with Crippen LogP contribution in [0, 0.1) is 0 Å². The Morgan fingerprint density at radius 3 is 2.54 bits per heavy atom. The molecule has 0 aliphatic heterocycles. The summed E-state index contributed by atoms with van der Waals surface area (Å²) < 4.78 is 5.81. The van der Waals surface area contributed by atoms with Gasteiger partial charge in [-0.2, -0.15) is 5.10 Å². The summed E-state index contributed by atoms with van der Waals surface area (Å²) in [5.74, 6) is 0.252. The highest BCUT2D eigenvalue weighted by Crippen LogP contribution is 2.19. The third-order valence-corrected chi connectivity index (χ3v) is 4.27. The molecule has 0 spiro atoms. The number of phenols is 1. The summed E-state index contributed by atoms with van der Waals surface area (Å²) in [5, 5.41) is 17.8. The van der Waals surface area contributed by atoms with E-state index in [2.05, 4.69) is 30.1 Å². The number of ether oxygens (including phenoxy) is 1. The van der Waals surface area contributed by atoms with Gasteiger partial charge in [0.15, 0.2) is 0 Å². The number of unbranched alkanes of at least 4 members (excludes halogenated alkanes) is 3. The van der Waals surface area contributed by atoms with E-state index in [1.165, 1.54) is 19.3 Å². The number of aromatic nitrogens is 2. The van der Waals surface area contributed by atoms with Crippen molar-refractivity contribution >= 4 is 6.08 Å². The van der Waals surface area contributed by atoms with Crippen molar-refractivity contribution in [1.29, 1.82) is 0 Å². The van der Waals surface area contributed by atoms with E-state index < -0.39 is 0 Å². The summed E-state index contributed by atoms with van der Waals surface area (Å²) in [6.45, 7) is 5.25. The molecule has 140 valence electrons. The van der Waals surface area contributed by atoms with Crippen molar-refractivity contribution in [1.82, 2.24) is 10.2 Å². The van der Waals surface area contributed by atoms with Gasteiger partial charge in [-0.1, -0.05) is 25.8 Å². The van der Waals surface area contributed by atoms with Crippen molar-refractivity contribution in [3.05, 3.63) is 48.2 Å². The summed E-state index contributed by atoms with van der Waals surface area (Å²) in [5.41, 5.74) is 2.60. The van der Waals surface area contributed by atoms with Crippen molar-refractivity contribution in [3.63, 3.8) is 0 Å². The van der Waals surface area contributed by atoms with Crippen LogP contribution in [0.4, 0.5) is 0 Å². The maximum absolute atomic E-state index is 9.33. The monoisotopic (exact) mass is 354 g/mol. The molecule has 2 rings (SSSR count). The first-order valence-corrected chi connectivity index (χ1v) is 9.60. The number of phenolic OH excluding ortho intramolecular Hbond substituents is 1. The topological polar surface area (TPSA) is 55.2 Å². The first-order chi connectivity index (χ1) is 12.7. The Kier molecular flexibility index (Phi) is 8.84. The average molecular weight is 354 g/mol. The van der Waals surface area contributed by atoms with Crippen molar-refractivity contribution in [2.45, 2.75) is 58.5 Å². The molecule has 0 aliphatic carbocycles.